The molecule has 0 aromatic heterocycles. The topological polar surface area (TPSA) is 151 Å². The van der Waals surface area contributed by atoms with Crippen molar-refractivity contribution >= 4 is 23.5 Å². The van der Waals surface area contributed by atoms with Crippen molar-refractivity contribution < 1.29 is 19.7 Å². The van der Waals surface area contributed by atoms with E-state index >= 15 is 0 Å². The zero-order valence-corrected chi connectivity index (χ0v) is 16.5. The number of nitrogens with one attached hydrogen (secondary N) is 1. The highest BCUT2D eigenvalue weighted by Gasteiger charge is 2.25. The van der Waals surface area contributed by atoms with Crippen LogP contribution < -0.4 is 5.43 Å². The standard InChI is InChI=1S/C20H21N5O6/c26-19-6-5-18(25(30)31)11-16(19)12-21-22-20(27)15-7-9-23(10-8-15)13-14-1-3-17(4-2-14)24(28)29/h1-6,11-12,15,26H,7-10,13H2,(H,22,27)/b21-12+. The van der Waals surface area contributed by atoms with Crippen LogP contribution in [0.2, 0.25) is 0 Å². The van der Waals surface area contributed by atoms with Crippen LogP contribution >= 0.6 is 0 Å². The van der Waals surface area contributed by atoms with Gasteiger partial charge in [-0.2, -0.15) is 5.10 Å². The maximum absolute atomic E-state index is 12.3. The summed E-state index contributed by atoms with van der Waals surface area (Å²) in [4.78, 5) is 35.0. The maximum Gasteiger partial charge on any atom is 0.270 e. The average molecular weight is 427 g/mol. The second kappa shape index (κ2) is 9.76. The molecule has 1 saturated heterocycles. The first-order valence-electron chi connectivity index (χ1n) is 9.59. The molecule has 11 nitrogen and oxygen atoms in total. The largest absolute Gasteiger partial charge is 0.507 e. The summed E-state index contributed by atoms with van der Waals surface area (Å²) in [6, 6.07) is 9.96. The van der Waals surface area contributed by atoms with Crippen LogP contribution in [0.4, 0.5) is 11.4 Å². The molecule has 0 bridgehead atoms. The van der Waals surface area contributed by atoms with Gasteiger partial charge in [0.2, 0.25) is 5.91 Å². The van der Waals surface area contributed by atoms with Crippen molar-refractivity contribution in [2.45, 2.75) is 19.4 Å². The molecule has 0 saturated carbocycles. The molecule has 1 aliphatic heterocycles. The van der Waals surface area contributed by atoms with Crippen molar-refractivity contribution in [2.24, 2.45) is 11.0 Å². The number of benzene rings is 2. The third-order valence-electron chi connectivity index (χ3n) is 5.11. The molecule has 2 aromatic carbocycles. The number of carbonyl (C=O) groups excluding carboxylic acids is 1. The number of nitro groups is 2. The highest BCUT2D eigenvalue weighted by atomic mass is 16.6. The number of carbonyl (C=O) groups is 1. The van der Waals surface area contributed by atoms with E-state index in [0.717, 1.165) is 5.56 Å². The Labute approximate surface area is 177 Å². The van der Waals surface area contributed by atoms with Gasteiger partial charge in [0.1, 0.15) is 5.75 Å². The Kier molecular flexibility index (Phi) is 6.88. The Bertz CT molecular complexity index is 1000. The van der Waals surface area contributed by atoms with E-state index in [-0.39, 0.29) is 34.5 Å². The first kappa shape index (κ1) is 21.8. The van der Waals surface area contributed by atoms with Crippen LogP contribution in [0, 0.1) is 26.1 Å². The van der Waals surface area contributed by atoms with Crippen LogP contribution in [-0.4, -0.2) is 45.1 Å². The monoisotopic (exact) mass is 427 g/mol. The molecule has 162 valence electrons. The van der Waals surface area contributed by atoms with Crippen molar-refractivity contribution in [3.05, 3.63) is 73.8 Å². The zero-order chi connectivity index (χ0) is 22.4. The lowest BCUT2D eigenvalue weighted by atomic mass is 9.96. The van der Waals surface area contributed by atoms with Gasteiger partial charge in [-0.25, -0.2) is 5.43 Å². The number of aromatic hydroxyl groups is 1. The van der Waals surface area contributed by atoms with Gasteiger partial charge in [0.25, 0.3) is 11.4 Å². The molecule has 11 heteroatoms. The third kappa shape index (κ3) is 5.82. The van der Waals surface area contributed by atoms with Crippen LogP contribution in [0.25, 0.3) is 0 Å². The van der Waals surface area contributed by atoms with E-state index in [2.05, 4.69) is 15.4 Å². The molecule has 0 atom stereocenters. The molecule has 3 rings (SSSR count). The van der Waals surface area contributed by atoms with Gasteiger partial charge < -0.3 is 5.11 Å². The van der Waals surface area contributed by atoms with Gasteiger partial charge in [0.05, 0.1) is 16.1 Å². The fourth-order valence-electron chi connectivity index (χ4n) is 3.35. The Morgan fingerprint density at radius 1 is 1.10 bits per heavy atom. The molecular weight excluding hydrogens is 406 g/mol. The number of hydrogen-bond acceptors (Lipinski definition) is 8. The van der Waals surface area contributed by atoms with Gasteiger partial charge in [-0.3, -0.25) is 29.9 Å². The molecule has 31 heavy (non-hydrogen) atoms. The van der Waals surface area contributed by atoms with E-state index in [9.17, 15) is 30.1 Å². The molecule has 1 amide bonds. The van der Waals surface area contributed by atoms with Crippen LogP contribution in [0.15, 0.2) is 47.6 Å². The highest BCUT2D eigenvalue weighted by molar-refractivity contribution is 5.86. The van der Waals surface area contributed by atoms with Gasteiger partial charge in [0, 0.05) is 42.3 Å². The predicted octanol–water partition coefficient (Wildman–Crippen LogP) is 2.57. The van der Waals surface area contributed by atoms with E-state index < -0.39 is 9.85 Å². The summed E-state index contributed by atoms with van der Waals surface area (Å²) in [6.45, 7) is 2.05. The molecule has 0 aliphatic carbocycles. The SMILES string of the molecule is O=C(N/N=C/c1cc([N+](=O)[O-])ccc1O)C1CCN(Cc2ccc([N+](=O)[O-])cc2)CC1. The van der Waals surface area contributed by atoms with Gasteiger partial charge in [-0.05, 0) is 37.6 Å². The van der Waals surface area contributed by atoms with Crippen molar-refractivity contribution in [1.82, 2.24) is 10.3 Å². The number of phenolic OH excluding ortho intramolecular Hbond substituents is 1. The van der Waals surface area contributed by atoms with E-state index in [1.807, 2.05) is 0 Å². The predicted molar refractivity (Wildman–Crippen MR) is 112 cm³/mol. The number of hydrogen-bond donors (Lipinski definition) is 2. The van der Waals surface area contributed by atoms with E-state index in [4.69, 9.17) is 0 Å². The van der Waals surface area contributed by atoms with Gasteiger partial charge >= 0.3 is 0 Å². The number of phenols is 1. The summed E-state index contributed by atoms with van der Waals surface area (Å²) < 4.78 is 0. The number of likely N-dealkylation sites (tertiary alicyclic amines) is 1. The lowest BCUT2D eigenvalue weighted by molar-refractivity contribution is -0.385. The van der Waals surface area contributed by atoms with E-state index in [1.54, 1.807) is 12.1 Å². The summed E-state index contributed by atoms with van der Waals surface area (Å²) >= 11 is 0. The first-order valence-corrected chi connectivity index (χ1v) is 9.59. The minimum absolute atomic E-state index is 0.0538. The Morgan fingerprint density at radius 3 is 2.32 bits per heavy atom. The molecule has 1 fully saturated rings. The summed E-state index contributed by atoms with van der Waals surface area (Å²) in [5.41, 5.74) is 3.39. The zero-order valence-electron chi connectivity index (χ0n) is 16.5. The fraction of sp³-hybridized carbons (Fsp3) is 0.300. The molecule has 0 spiro atoms. The third-order valence-corrected chi connectivity index (χ3v) is 5.11. The number of nitrogens with zero attached hydrogens (tertiary/aromatic N) is 4. The van der Waals surface area contributed by atoms with Gasteiger partial charge in [-0.15, -0.1) is 0 Å². The summed E-state index contributed by atoms with van der Waals surface area (Å²) in [7, 11) is 0. The molecule has 1 aliphatic rings. The highest BCUT2D eigenvalue weighted by Crippen LogP contribution is 2.22. The number of rotatable bonds is 7. The Balaban J connectivity index is 1.48. The summed E-state index contributed by atoms with van der Waals surface area (Å²) in [6.07, 6.45) is 2.44. The number of hydrazone groups is 1. The second-order valence-electron chi connectivity index (χ2n) is 7.21. The van der Waals surface area contributed by atoms with Gasteiger partial charge in [0.15, 0.2) is 0 Å². The smallest absolute Gasteiger partial charge is 0.270 e. The van der Waals surface area contributed by atoms with Crippen LogP contribution in [0.1, 0.15) is 24.0 Å². The number of nitro benzene ring substituents is 2. The average Bonchev–Trinajstić information content (AvgIpc) is 2.75. The van der Waals surface area contributed by atoms with Crippen LogP contribution in [0.5, 0.6) is 5.75 Å². The minimum atomic E-state index is -0.584. The lowest BCUT2D eigenvalue weighted by Gasteiger charge is -2.30. The number of piperidine rings is 1. The summed E-state index contributed by atoms with van der Waals surface area (Å²) in [5, 5.41) is 35.1. The van der Waals surface area contributed by atoms with Gasteiger partial charge in [-0.1, -0.05) is 12.1 Å². The van der Waals surface area contributed by atoms with E-state index in [1.165, 1.54) is 36.5 Å². The van der Waals surface area contributed by atoms with E-state index in [0.29, 0.717) is 32.5 Å². The molecule has 0 unspecified atom stereocenters. The Hall–Kier alpha value is -3.86. The fourth-order valence-corrected chi connectivity index (χ4v) is 3.35. The quantitative estimate of drug-likeness (QED) is 0.391. The number of amides is 1. The lowest BCUT2D eigenvalue weighted by Crippen LogP contribution is -2.39. The first-order chi connectivity index (χ1) is 14.8. The van der Waals surface area contributed by atoms with Crippen LogP contribution in [0.3, 0.4) is 0 Å². The molecular formula is C20H21N5O6. The Morgan fingerprint density at radius 2 is 1.71 bits per heavy atom. The molecule has 2 aromatic rings. The van der Waals surface area contributed by atoms with Crippen molar-refractivity contribution in [2.75, 3.05) is 13.1 Å². The van der Waals surface area contributed by atoms with Crippen LogP contribution in [-0.2, 0) is 11.3 Å². The second-order valence-corrected chi connectivity index (χ2v) is 7.21. The molecule has 1 heterocycles. The number of non-ortho nitro benzene ring substituents is 2. The normalized spacial score (nSPS) is 15.1. The molecule has 2 N–H and O–H groups in total. The minimum Gasteiger partial charge on any atom is -0.507 e. The summed E-state index contributed by atoms with van der Waals surface area (Å²) in [5.74, 6) is -0.650. The molecule has 0 radical (unpaired) electrons. The van der Waals surface area contributed by atoms with Crippen molar-refractivity contribution in [3.8, 4) is 5.75 Å². The van der Waals surface area contributed by atoms with Crippen molar-refractivity contribution in [1.29, 1.82) is 0 Å². The maximum atomic E-state index is 12.3. The van der Waals surface area contributed by atoms with Crippen molar-refractivity contribution in [3.63, 3.8) is 0 Å².